The van der Waals surface area contributed by atoms with Crippen LogP contribution in [-0.4, -0.2) is 12.2 Å². The summed E-state index contributed by atoms with van der Waals surface area (Å²) < 4.78 is 5.85. The highest BCUT2D eigenvalue weighted by atomic mass is 16.5. The molecule has 0 amide bonds. The van der Waals surface area contributed by atoms with Crippen LogP contribution in [0.3, 0.4) is 0 Å². The second-order valence-corrected chi connectivity index (χ2v) is 4.59. The largest absolute Gasteiger partial charge is 0.508 e. The molecule has 2 N–H and O–H groups in total. The molecule has 0 heterocycles. The molecule has 0 aromatic heterocycles. The topological polar surface area (TPSA) is 41.5 Å². The van der Waals surface area contributed by atoms with Crippen molar-refractivity contribution in [1.29, 1.82) is 0 Å². The standard InChI is InChI=1S/C16H19NO2/c1-11-5-4-6-15(17-3)14(11)10-19-16-8-7-13(18)9-12(16)2/h4-9,17-18H,10H2,1-3H3. The zero-order valence-corrected chi connectivity index (χ0v) is 11.5. The number of hydrogen-bond acceptors (Lipinski definition) is 3. The van der Waals surface area contributed by atoms with Gasteiger partial charge in [0.1, 0.15) is 18.1 Å². The first-order valence-corrected chi connectivity index (χ1v) is 6.30. The molecule has 19 heavy (non-hydrogen) atoms. The summed E-state index contributed by atoms with van der Waals surface area (Å²) in [6.45, 7) is 4.50. The Morgan fingerprint density at radius 3 is 2.58 bits per heavy atom. The van der Waals surface area contributed by atoms with Crippen LogP contribution < -0.4 is 10.1 Å². The van der Waals surface area contributed by atoms with E-state index in [1.165, 1.54) is 5.56 Å². The third kappa shape index (κ3) is 2.99. The SMILES string of the molecule is CNc1cccc(C)c1COc1ccc(O)cc1C. The maximum absolute atomic E-state index is 9.38. The molecule has 0 unspecified atom stereocenters. The summed E-state index contributed by atoms with van der Waals surface area (Å²) in [5.74, 6) is 1.06. The van der Waals surface area contributed by atoms with Crippen molar-refractivity contribution in [2.45, 2.75) is 20.5 Å². The van der Waals surface area contributed by atoms with Gasteiger partial charge in [-0.3, -0.25) is 0 Å². The van der Waals surface area contributed by atoms with Crippen LogP contribution in [-0.2, 0) is 6.61 Å². The average Bonchev–Trinajstić information content (AvgIpc) is 2.39. The van der Waals surface area contributed by atoms with E-state index in [4.69, 9.17) is 4.74 Å². The Kier molecular flexibility index (Phi) is 3.95. The highest BCUT2D eigenvalue weighted by Gasteiger charge is 2.07. The van der Waals surface area contributed by atoms with Crippen LogP contribution in [0.25, 0.3) is 0 Å². The van der Waals surface area contributed by atoms with E-state index in [2.05, 4.69) is 18.3 Å². The number of hydrogen-bond donors (Lipinski definition) is 2. The molecule has 0 aliphatic rings. The fourth-order valence-corrected chi connectivity index (χ4v) is 2.07. The van der Waals surface area contributed by atoms with Crippen LogP contribution in [0.4, 0.5) is 5.69 Å². The third-order valence-corrected chi connectivity index (χ3v) is 3.21. The van der Waals surface area contributed by atoms with Crippen molar-refractivity contribution in [3.8, 4) is 11.5 Å². The summed E-state index contributed by atoms with van der Waals surface area (Å²) in [7, 11) is 1.91. The molecule has 0 saturated heterocycles. The first kappa shape index (κ1) is 13.3. The fourth-order valence-electron chi connectivity index (χ4n) is 2.07. The van der Waals surface area contributed by atoms with Gasteiger partial charge in [0, 0.05) is 18.3 Å². The van der Waals surface area contributed by atoms with E-state index in [0.29, 0.717) is 6.61 Å². The lowest BCUT2D eigenvalue weighted by molar-refractivity contribution is 0.303. The van der Waals surface area contributed by atoms with Gasteiger partial charge in [-0.1, -0.05) is 12.1 Å². The Bertz CT molecular complexity index is 579. The minimum absolute atomic E-state index is 0.261. The summed E-state index contributed by atoms with van der Waals surface area (Å²) >= 11 is 0. The molecule has 2 aromatic rings. The molecule has 0 radical (unpaired) electrons. The van der Waals surface area contributed by atoms with Gasteiger partial charge in [0.2, 0.25) is 0 Å². The molecular formula is C16H19NO2. The highest BCUT2D eigenvalue weighted by Crippen LogP contribution is 2.25. The van der Waals surface area contributed by atoms with Crippen molar-refractivity contribution >= 4 is 5.69 Å². The number of phenols is 1. The number of nitrogens with one attached hydrogen (secondary N) is 1. The lowest BCUT2D eigenvalue weighted by Gasteiger charge is -2.14. The maximum Gasteiger partial charge on any atom is 0.122 e. The molecule has 0 atom stereocenters. The number of ether oxygens (including phenoxy) is 1. The van der Waals surface area contributed by atoms with Gasteiger partial charge in [0.15, 0.2) is 0 Å². The maximum atomic E-state index is 9.38. The Balaban J connectivity index is 2.19. The van der Waals surface area contributed by atoms with Gasteiger partial charge >= 0.3 is 0 Å². The predicted octanol–water partition coefficient (Wildman–Crippen LogP) is 3.63. The van der Waals surface area contributed by atoms with Gasteiger partial charge in [-0.05, 0) is 49.2 Å². The summed E-state index contributed by atoms with van der Waals surface area (Å²) in [6.07, 6.45) is 0. The first-order valence-electron chi connectivity index (χ1n) is 6.30. The molecule has 2 rings (SSSR count). The number of aromatic hydroxyl groups is 1. The van der Waals surface area contributed by atoms with Crippen LogP contribution >= 0.6 is 0 Å². The van der Waals surface area contributed by atoms with E-state index >= 15 is 0 Å². The zero-order valence-electron chi connectivity index (χ0n) is 11.5. The van der Waals surface area contributed by atoms with Crippen LogP contribution in [0, 0.1) is 13.8 Å². The van der Waals surface area contributed by atoms with Crippen molar-refractivity contribution < 1.29 is 9.84 Å². The monoisotopic (exact) mass is 257 g/mol. The Labute approximate surface area is 113 Å². The van der Waals surface area contributed by atoms with Crippen molar-refractivity contribution in [3.05, 3.63) is 53.1 Å². The molecule has 0 spiro atoms. The second-order valence-electron chi connectivity index (χ2n) is 4.59. The lowest BCUT2D eigenvalue weighted by atomic mass is 10.1. The minimum atomic E-state index is 0.261. The van der Waals surface area contributed by atoms with Gasteiger partial charge in [0.05, 0.1) is 0 Å². The summed E-state index contributed by atoms with van der Waals surface area (Å²) in [5, 5.41) is 12.6. The van der Waals surface area contributed by atoms with Crippen molar-refractivity contribution in [2.24, 2.45) is 0 Å². The van der Waals surface area contributed by atoms with Gasteiger partial charge in [0.25, 0.3) is 0 Å². The first-order chi connectivity index (χ1) is 9.11. The molecule has 2 aromatic carbocycles. The molecule has 0 fully saturated rings. The van der Waals surface area contributed by atoms with E-state index < -0.39 is 0 Å². The van der Waals surface area contributed by atoms with E-state index in [1.54, 1.807) is 18.2 Å². The lowest BCUT2D eigenvalue weighted by Crippen LogP contribution is -2.03. The quantitative estimate of drug-likeness (QED) is 0.878. The van der Waals surface area contributed by atoms with Crippen molar-refractivity contribution in [3.63, 3.8) is 0 Å². The van der Waals surface area contributed by atoms with E-state index in [-0.39, 0.29) is 5.75 Å². The molecule has 0 aliphatic carbocycles. The van der Waals surface area contributed by atoms with Crippen LogP contribution in [0.15, 0.2) is 36.4 Å². The van der Waals surface area contributed by atoms with E-state index in [1.807, 2.05) is 26.1 Å². The van der Waals surface area contributed by atoms with Crippen molar-refractivity contribution in [1.82, 2.24) is 0 Å². The Morgan fingerprint density at radius 1 is 1.11 bits per heavy atom. The zero-order chi connectivity index (χ0) is 13.8. The molecule has 0 bridgehead atoms. The third-order valence-electron chi connectivity index (χ3n) is 3.21. The normalized spacial score (nSPS) is 10.3. The molecule has 100 valence electrons. The van der Waals surface area contributed by atoms with Gasteiger partial charge in [-0.25, -0.2) is 0 Å². The van der Waals surface area contributed by atoms with Gasteiger partial charge < -0.3 is 15.2 Å². The average molecular weight is 257 g/mol. The summed E-state index contributed by atoms with van der Waals surface area (Å²) in [4.78, 5) is 0. The van der Waals surface area contributed by atoms with Crippen LogP contribution in [0.2, 0.25) is 0 Å². The van der Waals surface area contributed by atoms with Crippen LogP contribution in [0.1, 0.15) is 16.7 Å². The van der Waals surface area contributed by atoms with Gasteiger partial charge in [-0.15, -0.1) is 0 Å². The number of rotatable bonds is 4. The second kappa shape index (κ2) is 5.65. The molecular weight excluding hydrogens is 238 g/mol. The van der Waals surface area contributed by atoms with E-state index in [9.17, 15) is 5.11 Å². The summed E-state index contributed by atoms with van der Waals surface area (Å²) in [6, 6.07) is 11.3. The summed E-state index contributed by atoms with van der Waals surface area (Å²) in [5.41, 5.74) is 4.36. The Morgan fingerprint density at radius 2 is 1.89 bits per heavy atom. The predicted molar refractivity (Wildman–Crippen MR) is 77.9 cm³/mol. The van der Waals surface area contributed by atoms with Gasteiger partial charge in [-0.2, -0.15) is 0 Å². The number of anilines is 1. The smallest absolute Gasteiger partial charge is 0.122 e. The number of benzene rings is 2. The highest BCUT2D eigenvalue weighted by molar-refractivity contribution is 5.54. The molecule has 0 saturated carbocycles. The van der Waals surface area contributed by atoms with E-state index in [0.717, 1.165) is 22.6 Å². The minimum Gasteiger partial charge on any atom is -0.508 e. The van der Waals surface area contributed by atoms with Crippen molar-refractivity contribution in [2.75, 3.05) is 12.4 Å². The molecule has 3 heteroatoms. The van der Waals surface area contributed by atoms with Crippen LogP contribution in [0.5, 0.6) is 11.5 Å². The molecule has 3 nitrogen and oxygen atoms in total. The Hall–Kier alpha value is -2.16. The number of phenolic OH excluding ortho intramolecular Hbond substituents is 1. The molecule has 0 aliphatic heterocycles. The number of aryl methyl sites for hydroxylation is 2. The fraction of sp³-hybridized carbons (Fsp3) is 0.250.